The lowest BCUT2D eigenvalue weighted by Gasteiger charge is -2.04. The first-order valence-corrected chi connectivity index (χ1v) is 6.71. The minimum Gasteiger partial charge on any atom is -0.459 e. The maximum Gasteiger partial charge on any atom is 0.291 e. The fraction of sp³-hybridized carbons (Fsp3) is 0.0769. The van der Waals surface area contributed by atoms with Crippen LogP contribution in [-0.4, -0.2) is 10.9 Å². The number of aromatic nitrogens is 1. The minimum absolute atomic E-state index is 0.274. The molecular formula is C13H12N4O2S. The molecular weight excluding hydrogens is 276 g/mol. The zero-order valence-corrected chi connectivity index (χ0v) is 11.5. The molecule has 1 amide bonds. The standard InChI is InChI=1S/C13H12N4O2S/c1-7-5-8(15-12(18)9-3-2-4-19-9)6-10-11(7)16-13(17-14)20-10/h2-6H,14H2,1H3,(H,15,18)(H,16,17). The van der Waals surface area contributed by atoms with Crippen LogP contribution in [0.2, 0.25) is 0 Å². The molecule has 0 radical (unpaired) electrons. The van der Waals surface area contributed by atoms with Gasteiger partial charge < -0.3 is 9.73 Å². The Morgan fingerprint density at radius 1 is 1.45 bits per heavy atom. The van der Waals surface area contributed by atoms with E-state index in [2.05, 4.69) is 15.7 Å². The van der Waals surface area contributed by atoms with E-state index in [0.29, 0.717) is 10.8 Å². The Bertz CT molecular complexity index is 764. The summed E-state index contributed by atoms with van der Waals surface area (Å²) in [6, 6.07) is 7.01. The van der Waals surface area contributed by atoms with Crippen LogP contribution in [0.4, 0.5) is 10.8 Å². The van der Waals surface area contributed by atoms with Gasteiger partial charge in [-0.1, -0.05) is 11.3 Å². The first-order chi connectivity index (χ1) is 9.67. The number of thiazole rings is 1. The molecule has 0 saturated carbocycles. The van der Waals surface area contributed by atoms with E-state index in [0.717, 1.165) is 15.8 Å². The van der Waals surface area contributed by atoms with Crippen molar-refractivity contribution in [2.45, 2.75) is 6.92 Å². The number of hydrogen-bond donors (Lipinski definition) is 3. The molecule has 3 aromatic rings. The van der Waals surface area contributed by atoms with Crippen molar-refractivity contribution < 1.29 is 9.21 Å². The van der Waals surface area contributed by atoms with Crippen LogP contribution in [0.3, 0.4) is 0 Å². The summed E-state index contributed by atoms with van der Waals surface area (Å²) in [4.78, 5) is 16.3. The van der Waals surface area contributed by atoms with Crippen LogP contribution < -0.4 is 16.6 Å². The minimum atomic E-state index is -0.282. The molecule has 7 heteroatoms. The first kappa shape index (κ1) is 12.6. The van der Waals surface area contributed by atoms with Gasteiger partial charge in [0.1, 0.15) is 0 Å². The summed E-state index contributed by atoms with van der Waals surface area (Å²) in [5.74, 6) is 5.35. The molecule has 0 aliphatic carbocycles. The van der Waals surface area contributed by atoms with Gasteiger partial charge in [-0.05, 0) is 36.8 Å². The fourth-order valence-electron chi connectivity index (χ4n) is 1.93. The quantitative estimate of drug-likeness (QED) is 0.509. The molecule has 6 nitrogen and oxygen atoms in total. The number of benzene rings is 1. The van der Waals surface area contributed by atoms with Crippen molar-refractivity contribution in [3.8, 4) is 0 Å². The van der Waals surface area contributed by atoms with Gasteiger partial charge in [0.05, 0.1) is 16.5 Å². The SMILES string of the molecule is Cc1cc(NC(=O)c2ccco2)cc2sc(NN)nc12. The highest BCUT2D eigenvalue weighted by atomic mass is 32.1. The Morgan fingerprint density at radius 3 is 3.00 bits per heavy atom. The number of nitrogen functional groups attached to an aromatic ring is 1. The Kier molecular flexibility index (Phi) is 3.13. The predicted molar refractivity (Wildman–Crippen MR) is 78.8 cm³/mol. The molecule has 0 spiro atoms. The van der Waals surface area contributed by atoms with E-state index in [1.54, 1.807) is 12.1 Å². The number of furan rings is 1. The molecule has 20 heavy (non-hydrogen) atoms. The van der Waals surface area contributed by atoms with E-state index < -0.39 is 0 Å². The van der Waals surface area contributed by atoms with Gasteiger partial charge in [-0.15, -0.1) is 0 Å². The van der Waals surface area contributed by atoms with Crippen LogP contribution in [-0.2, 0) is 0 Å². The van der Waals surface area contributed by atoms with E-state index >= 15 is 0 Å². The molecule has 1 aromatic carbocycles. The van der Waals surface area contributed by atoms with Crippen LogP contribution in [0.1, 0.15) is 16.1 Å². The molecule has 2 heterocycles. The van der Waals surface area contributed by atoms with Crippen molar-refractivity contribution >= 4 is 38.3 Å². The van der Waals surface area contributed by atoms with Gasteiger partial charge in [-0.2, -0.15) is 0 Å². The molecule has 4 N–H and O–H groups in total. The lowest BCUT2D eigenvalue weighted by atomic mass is 10.2. The average molecular weight is 288 g/mol. The number of carbonyl (C=O) groups is 1. The average Bonchev–Trinajstić information content (AvgIpc) is 3.07. The molecule has 0 atom stereocenters. The van der Waals surface area contributed by atoms with E-state index in [9.17, 15) is 4.79 Å². The van der Waals surface area contributed by atoms with Crippen LogP contribution in [0.25, 0.3) is 10.2 Å². The van der Waals surface area contributed by atoms with Crippen molar-refractivity contribution in [1.82, 2.24) is 4.98 Å². The summed E-state index contributed by atoms with van der Waals surface area (Å²) in [6.45, 7) is 1.94. The van der Waals surface area contributed by atoms with Gasteiger partial charge in [0.25, 0.3) is 5.91 Å². The lowest BCUT2D eigenvalue weighted by Crippen LogP contribution is -2.10. The number of nitrogens with zero attached hydrogens (tertiary/aromatic N) is 1. The number of hydrazine groups is 1. The van der Waals surface area contributed by atoms with Gasteiger partial charge in [0.2, 0.25) is 0 Å². The number of hydrogen-bond acceptors (Lipinski definition) is 6. The Balaban J connectivity index is 1.94. The highest BCUT2D eigenvalue weighted by Crippen LogP contribution is 2.30. The second-order valence-corrected chi connectivity index (χ2v) is 5.27. The second kappa shape index (κ2) is 4.95. The topological polar surface area (TPSA) is 93.2 Å². The normalized spacial score (nSPS) is 10.7. The fourth-order valence-corrected chi connectivity index (χ4v) is 2.82. The summed E-state index contributed by atoms with van der Waals surface area (Å²) in [5.41, 5.74) is 5.07. The van der Waals surface area contributed by atoms with Crippen LogP contribution in [0.15, 0.2) is 34.9 Å². The number of nitrogens with one attached hydrogen (secondary N) is 2. The van der Waals surface area contributed by atoms with E-state index in [1.165, 1.54) is 17.6 Å². The number of amides is 1. The molecule has 0 aliphatic rings. The summed E-state index contributed by atoms with van der Waals surface area (Å²) in [5, 5.41) is 3.44. The molecule has 3 rings (SSSR count). The Hall–Kier alpha value is -2.38. The maximum atomic E-state index is 11.9. The van der Waals surface area contributed by atoms with Crippen LogP contribution in [0, 0.1) is 6.92 Å². The van der Waals surface area contributed by atoms with E-state index in [4.69, 9.17) is 10.3 Å². The van der Waals surface area contributed by atoms with Gasteiger partial charge in [-0.3, -0.25) is 10.2 Å². The van der Waals surface area contributed by atoms with Crippen molar-refractivity contribution in [3.63, 3.8) is 0 Å². The largest absolute Gasteiger partial charge is 0.459 e. The summed E-state index contributed by atoms with van der Waals surface area (Å²) >= 11 is 1.43. The van der Waals surface area contributed by atoms with Crippen LogP contribution in [0.5, 0.6) is 0 Å². The van der Waals surface area contributed by atoms with Gasteiger partial charge in [-0.25, -0.2) is 10.8 Å². The number of rotatable bonds is 3. The molecule has 2 aromatic heterocycles. The Morgan fingerprint density at radius 2 is 2.30 bits per heavy atom. The van der Waals surface area contributed by atoms with Crippen molar-refractivity contribution in [2.75, 3.05) is 10.7 Å². The molecule has 0 saturated heterocycles. The predicted octanol–water partition coefficient (Wildman–Crippen LogP) is 2.74. The molecule has 0 fully saturated rings. The monoisotopic (exact) mass is 288 g/mol. The first-order valence-electron chi connectivity index (χ1n) is 5.90. The third-order valence-corrected chi connectivity index (χ3v) is 3.75. The number of fused-ring (bicyclic) bond motifs is 1. The third kappa shape index (κ3) is 2.24. The number of aryl methyl sites for hydroxylation is 1. The van der Waals surface area contributed by atoms with Gasteiger partial charge in [0, 0.05) is 5.69 Å². The molecule has 102 valence electrons. The third-order valence-electron chi connectivity index (χ3n) is 2.81. The summed E-state index contributed by atoms with van der Waals surface area (Å²) < 4.78 is 6.01. The second-order valence-electron chi connectivity index (χ2n) is 4.23. The number of carbonyl (C=O) groups excluding carboxylic acids is 1. The number of nitrogens with two attached hydrogens (primary N) is 1. The summed E-state index contributed by atoms with van der Waals surface area (Å²) in [6.07, 6.45) is 1.46. The highest BCUT2D eigenvalue weighted by Gasteiger charge is 2.12. The Labute approximate surface area is 118 Å². The summed E-state index contributed by atoms with van der Waals surface area (Å²) in [7, 11) is 0. The maximum absolute atomic E-state index is 11.9. The van der Waals surface area contributed by atoms with Crippen molar-refractivity contribution in [2.24, 2.45) is 5.84 Å². The number of anilines is 2. The van der Waals surface area contributed by atoms with E-state index in [-0.39, 0.29) is 11.7 Å². The smallest absolute Gasteiger partial charge is 0.291 e. The zero-order valence-electron chi connectivity index (χ0n) is 10.6. The van der Waals surface area contributed by atoms with Crippen molar-refractivity contribution in [1.29, 1.82) is 0 Å². The van der Waals surface area contributed by atoms with Crippen LogP contribution >= 0.6 is 11.3 Å². The zero-order chi connectivity index (χ0) is 14.1. The van der Waals surface area contributed by atoms with Gasteiger partial charge >= 0.3 is 0 Å². The molecule has 0 aliphatic heterocycles. The highest BCUT2D eigenvalue weighted by molar-refractivity contribution is 7.22. The van der Waals surface area contributed by atoms with Crippen molar-refractivity contribution in [3.05, 3.63) is 41.9 Å². The molecule has 0 unspecified atom stereocenters. The molecule has 0 bridgehead atoms. The van der Waals surface area contributed by atoms with Gasteiger partial charge in [0.15, 0.2) is 10.9 Å². The lowest BCUT2D eigenvalue weighted by molar-refractivity contribution is 0.0996. The van der Waals surface area contributed by atoms with E-state index in [1.807, 2.05) is 19.1 Å².